The predicted molar refractivity (Wildman–Crippen MR) is 82.7 cm³/mol. The van der Waals surface area contributed by atoms with Gasteiger partial charge in [-0.3, -0.25) is 4.79 Å². The first-order valence-corrected chi connectivity index (χ1v) is 8.33. The van der Waals surface area contributed by atoms with E-state index in [0.717, 1.165) is 25.7 Å². The third kappa shape index (κ3) is 5.00. The number of benzene rings is 1. The lowest BCUT2D eigenvalue weighted by molar-refractivity contribution is -0.120. The number of rotatable bonds is 5. The first-order valence-electron chi connectivity index (χ1n) is 7.35. The van der Waals surface area contributed by atoms with Crippen LogP contribution in [0.2, 0.25) is 0 Å². The predicted octanol–water partition coefficient (Wildman–Crippen LogP) is 2.98. The van der Waals surface area contributed by atoms with Gasteiger partial charge in [-0.1, -0.05) is 31.9 Å². The normalized spacial score (nSPS) is 25.6. The fraction of sp³-hybridized carbons (Fsp3) is 0.562. The number of amides is 1. The zero-order valence-electron chi connectivity index (χ0n) is 12.3. The Labute approximate surface area is 129 Å². The van der Waals surface area contributed by atoms with Crippen LogP contribution in [-0.2, 0) is 4.79 Å². The van der Waals surface area contributed by atoms with Crippen LogP contribution in [-0.4, -0.2) is 28.9 Å². The maximum Gasteiger partial charge on any atom is 0.230 e. The van der Waals surface area contributed by atoms with Gasteiger partial charge in [-0.25, -0.2) is 4.39 Å². The molecular formula is C16H22FNO2S. The Bertz CT molecular complexity index is 497. The smallest absolute Gasteiger partial charge is 0.230 e. The molecule has 2 atom stereocenters. The summed E-state index contributed by atoms with van der Waals surface area (Å²) < 4.78 is 13.4. The average molecular weight is 311 g/mol. The van der Waals surface area contributed by atoms with Crippen LogP contribution in [0.25, 0.3) is 0 Å². The van der Waals surface area contributed by atoms with Crippen LogP contribution in [0, 0.1) is 11.7 Å². The summed E-state index contributed by atoms with van der Waals surface area (Å²) in [5.74, 6) is 0.172. The Morgan fingerprint density at radius 2 is 2.29 bits per heavy atom. The average Bonchev–Trinajstić information content (AvgIpc) is 2.44. The highest BCUT2D eigenvalue weighted by Crippen LogP contribution is 2.31. The first kappa shape index (κ1) is 16.3. The van der Waals surface area contributed by atoms with Gasteiger partial charge in [0, 0.05) is 11.4 Å². The molecule has 0 bridgehead atoms. The molecule has 1 fully saturated rings. The van der Waals surface area contributed by atoms with Gasteiger partial charge in [-0.05, 0) is 30.9 Å². The van der Waals surface area contributed by atoms with Gasteiger partial charge in [-0.2, -0.15) is 0 Å². The van der Waals surface area contributed by atoms with Crippen molar-refractivity contribution in [1.82, 2.24) is 5.32 Å². The molecule has 1 saturated carbocycles. The number of carbonyl (C=O) groups is 1. The van der Waals surface area contributed by atoms with Crippen LogP contribution in [0.3, 0.4) is 0 Å². The van der Waals surface area contributed by atoms with Gasteiger partial charge >= 0.3 is 0 Å². The lowest BCUT2D eigenvalue weighted by Gasteiger charge is -2.35. The molecule has 0 spiro atoms. The summed E-state index contributed by atoms with van der Waals surface area (Å²) in [6.45, 7) is 2.41. The van der Waals surface area contributed by atoms with E-state index in [1.807, 2.05) is 0 Å². The number of halogens is 1. The van der Waals surface area contributed by atoms with Crippen molar-refractivity contribution in [3.05, 3.63) is 30.1 Å². The summed E-state index contributed by atoms with van der Waals surface area (Å²) in [4.78, 5) is 12.3. The van der Waals surface area contributed by atoms with Crippen molar-refractivity contribution in [1.29, 1.82) is 0 Å². The molecule has 21 heavy (non-hydrogen) atoms. The van der Waals surface area contributed by atoms with E-state index in [-0.39, 0.29) is 24.0 Å². The summed E-state index contributed by atoms with van der Waals surface area (Å²) in [5, 5.41) is 13.2. The van der Waals surface area contributed by atoms with Crippen molar-refractivity contribution >= 4 is 17.7 Å². The quantitative estimate of drug-likeness (QED) is 0.822. The second-order valence-corrected chi connectivity index (χ2v) is 6.94. The SMILES string of the molecule is CC1CCCC(O)(CNC(=O)CSc2ccccc2F)C1. The van der Waals surface area contributed by atoms with Gasteiger partial charge in [0.15, 0.2) is 0 Å². The van der Waals surface area contributed by atoms with E-state index >= 15 is 0 Å². The topological polar surface area (TPSA) is 49.3 Å². The molecule has 1 amide bonds. The minimum Gasteiger partial charge on any atom is -0.388 e. The van der Waals surface area contributed by atoms with Crippen LogP contribution in [0.4, 0.5) is 4.39 Å². The highest BCUT2D eigenvalue weighted by molar-refractivity contribution is 8.00. The Balaban J connectivity index is 1.76. The Hall–Kier alpha value is -1.07. The Kier molecular flexibility index (Phi) is 5.65. The van der Waals surface area contributed by atoms with E-state index in [1.165, 1.54) is 17.8 Å². The first-order chi connectivity index (χ1) is 9.98. The van der Waals surface area contributed by atoms with Gasteiger partial charge in [0.1, 0.15) is 5.82 Å². The second-order valence-electron chi connectivity index (χ2n) is 5.92. The maximum absolute atomic E-state index is 13.4. The molecule has 0 aromatic heterocycles. The molecule has 5 heteroatoms. The molecule has 2 N–H and O–H groups in total. The molecule has 0 radical (unpaired) electrons. The minimum atomic E-state index is -0.782. The summed E-state index contributed by atoms with van der Waals surface area (Å²) >= 11 is 1.17. The third-order valence-electron chi connectivity index (χ3n) is 3.88. The van der Waals surface area contributed by atoms with Crippen LogP contribution in [0.15, 0.2) is 29.2 Å². The van der Waals surface area contributed by atoms with Crippen molar-refractivity contribution in [2.45, 2.75) is 43.1 Å². The van der Waals surface area contributed by atoms with Crippen LogP contribution < -0.4 is 5.32 Å². The molecule has 0 saturated heterocycles. The lowest BCUT2D eigenvalue weighted by atomic mass is 9.79. The molecule has 1 aromatic rings. The van der Waals surface area contributed by atoms with Crippen LogP contribution in [0.1, 0.15) is 32.6 Å². The van der Waals surface area contributed by atoms with Crippen molar-refractivity contribution in [3.8, 4) is 0 Å². The van der Waals surface area contributed by atoms with Crippen molar-refractivity contribution in [2.75, 3.05) is 12.3 Å². The molecule has 0 heterocycles. The molecule has 2 rings (SSSR count). The van der Waals surface area contributed by atoms with Crippen molar-refractivity contribution < 1.29 is 14.3 Å². The molecule has 1 aliphatic rings. The molecule has 116 valence electrons. The third-order valence-corrected chi connectivity index (χ3v) is 4.93. The van der Waals surface area contributed by atoms with Gasteiger partial charge in [0.2, 0.25) is 5.91 Å². The highest BCUT2D eigenvalue weighted by atomic mass is 32.2. The van der Waals surface area contributed by atoms with Crippen molar-refractivity contribution in [3.63, 3.8) is 0 Å². The number of aliphatic hydroxyl groups is 1. The number of nitrogens with one attached hydrogen (secondary N) is 1. The summed E-state index contributed by atoms with van der Waals surface area (Å²) in [5.41, 5.74) is -0.782. The summed E-state index contributed by atoms with van der Waals surface area (Å²) in [7, 11) is 0. The molecule has 2 unspecified atom stereocenters. The minimum absolute atomic E-state index is 0.159. The number of carbonyl (C=O) groups excluding carboxylic acids is 1. The zero-order valence-corrected chi connectivity index (χ0v) is 13.1. The second kappa shape index (κ2) is 7.27. The van der Waals surface area contributed by atoms with Gasteiger partial charge in [0.25, 0.3) is 0 Å². The van der Waals surface area contributed by atoms with E-state index in [4.69, 9.17) is 0 Å². The number of hydrogen-bond donors (Lipinski definition) is 2. The summed E-state index contributed by atoms with van der Waals surface area (Å²) in [6.07, 6.45) is 3.60. The highest BCUT2D eigenvalue weighted by Gasteiger charge is 2.32. The fourth-order valence-corrected chi connectivity index (χ4v) is 3.58. The van der Waals surface area contributed by atoms with Crippen LogP contribution in [0.5, 0.6) is 0 Å². The fourth-order valence-electron chi connectivity index (χ4n) is 2.81. The number of hydrogen-bond acceptors (Lipinski definition) is 3. The van der Waals surface area contributed by atoms with Crippen LogP contribution >= 0.6 is 11.8 Å². The Morgan fingerprint density at radius 3 is 3.00 bits per heavy atom. The van der Waals surface area contributed by atoms with E-state index in [9.17, 15) is 14.3 Å². The van der Waals surface area contributed by atoms with E-state index < -0.39 is 5.60 Å². The summed E-state index contributed by atoms with van der Waals surface area (Å²) in [6, 6.07) is 6.41. The standard InChI is InChI=1S/C16H22FNO2S/c1-12-5-4-8-16(20,9-12)11-18-15(19)10-21-14-7-3-2-6-13(14)17/h2-3,6-7,12,20H,4-5,8-11H2,1H3,(H,18,19). The van der Waals surface area contributed by atoms with E-state index in [2.05, 4.69) is 12.2 Å². The molecule has 3 nitrogen and oxygen atoms in total. The Morgan fingerprint density at radius 1 is 1.52 bits per heavy atom. The van der Waals surface area contributed by atoms with Gasteiger partial charge < -0.3 is 10.4 Å². The van der Waals surface area contributed by atoms with Crippen molar-refractivity contribution in [2.24, 2.45) is 5.92 Å². The van der Waals surface area contributed by atoms with Gasteiger partial charge in [0.05, 0.1) is 11.4 Å². The molecule has 0 aliphatic heterocycles. The molecule has 1 aromatic carbocycles. The molecular weight excluding hydrogens is 289 g/mol. The monoisotopic (exact) mass is 311 g/mol. The maximum atomic E-state index is 13.4. The zero-order chi connectivity index (χ0) is 15.3. The number of thioether (sulfide) groups is 1. The van der Waals surface area contributed by atoms with Gasteiger partial charge in [-0.15, -0.1) is 11.8 Å². The lowest BCUT2D eigenvalue weighted by Crippen LogP contribution is -2.46. The largest absolute Gasteiger partial charge is 0.388 e. The van der Waals surface area contributed by atoms with E-state index in [0.29, 0.717) is 10.8 Å². The van der Waals surface area contributed by atoms with E-state index in [1.54, 1.807) is 18.2 Å². The molecule has 1 aliphatic carbocycles.